The fourth-order valence-electron chi connectivity index (χ4n) is 2.32. The maximum absolute atomic E-state index is 11.8. The van der Waals surface area contributed by atoms with Gasteiger partial charge in [0.15, 0.2) is 11.5 Å². The van der Waals surface area contributed by atoms with Gasteiger partial charge in [0.1, 0.15) is 6.04 Å². The first-order chi connectivity index (χ1) is 8.79. The number of carbonyl (C=O) groups excluding carboxylic acids is 1. The van der Waals surface area contributed by atoms with Crippen molar-refractivity contribution in [2.24, 2.45) is 0 Å². The zero-order valence-electron chi connectivity index (χ0n) is 10.3. The van der Waals surface area contributed by atoms with Crippen LogP contribution in [0, 0.1) is 0 Å². The van der Waals surface area contributed by atoms with E-state index < -0.39 is 0 Å². The van der Waals surface area contributed by atoms with Crippen LogP contribution in [0.1, 0.15) is 24.9 Å². The van der Waals surface area contributed by atoms with Crippen molar-refractivity contribution in [3.8, 4) is 11.5 Å². The molecule has 0 fully saturated rings. The third kappa shape index (κ3) is 1.80. The van der Waals surface area contributed by atoms with Gasteiger partial charge in [-0.05, 0) is 12.6 Å². The van der Waals surface area contributed by atoms with Crippen molar-refractivity contribution in [2.45, 2.75) is 19.4 Å². The lowest BCUT2D eigenvalue weighted by Crippen LogP contribution is -2.27. The minimum atomic E-state index is -0.290. The Morgan fingerprint density at radius 2 is 2.06 bits per heavy atom. The summed E-state index contributed by atoms with van der Waals surface area (Å²) in [4.78, 5) is 11.8. The van der Waals surface area contributed by atoms with Gasteiger partial charge in [0.25, 0.3) is 0 Å². The van der Waals surface area contributed by atoms with Crippen molar-refractivity contribution in [1.82, 2.24) is 5.32 Å². The van der Waals surface area contributed by atoms with Crippen molar-refractivity contribution in [3.05, 3.63) is 17.7 Å². The molecule has 18 heavy (non-hydrogen) atoms. The molecular weight excluding hydrogens is 232 g/mol. The van der Waals surface area contributed by atoms with Gasteiger partial charge in [-0.2, -0.15) is 0 Å². The summed E-state index contributed by atoms with van der Waals surface area (Å²) in [6, 6.07) is 3.47. The molecule has 0 aliphatic carbocycles. The van der Waals surface area contributed by atoms with Crippen molar-refractivity contribution < 1.29 is 14.3 Å². The minimum Gasteiger partial charge on any atom is -0.490 e. The molecule has 5 heteroatoms. The maximum Gasteiger partial charge on any atom is 0.246 e. The van der Waals surface area contributed by atoms with E-state index in [9.17, 15) is 4.79 Å². The average molecular weight is 248 g/mol. The van der Waals surface area contributed by atoms with E-state index in [1.807, 2.05) is 19.1 Å². The van der Waals surface area contributed by atoms with E-state index in [-0.39, 0.29) is 11.9 Å². The van der Waals surface area contributed by atoms with E-state index in [4.69, 9.17) is 9.47 Å². The molecule has 1 aromatic rings. The molecule has 2 aliphatic heterocycles. The standard InChI is InChI=1S/C13H16N2O3/c1-2-14-12-8-6-10-11(18-5-3-4-17-10)7-9(8)15-13(12)16/h6-7,12,14H,2-5H2,1H3,(H,15,16). The number of ether oxygens (including phenoxy) is 2. The number of carbonyl (C=O) groups is 1. The summed E-state index contributed by atoms with van der Waals surface area (Å²) >= 11 is 0. The highest BCUT2D eigenvalue weighted by atomic mass is 16.5. The smallest absolute Gasteiger partial charge is 0.246 e. The quantitative estimate of drug-likeness (QED) is 0.831. The van der Waals surface area contributed by atoms with Crippen LogP contribution in [0.15, 0.2) is 12.1 Å². The predicted octanol–water partition coefficient (Wildman–Crippen LogP) is 1.45. The Morgan fingerprint density at radius 1 is 1.33 bits per heavy atom. The van der Waals surface area contributed by atoms with Crippen LogP contribution in [0.2, 0.25) is 0 Å². The monoisotopic (exact) mass is 248 g/mol. The Balaban J connectivity index is 2.00. The second-order valence-corrected chi connectivity index (χ2v) is 4.42. The highest BCUT2D eigenvalue weighted by Crippen LogP contribution is 2.40. The second-order valence-electron chi connectivity index (χ2n) is 4.42. The van der Waals surface area contributed by atoms with Crippen LogP contribution in [-0.4, -0.2) is 25.7 Å². The van der Waals surface area contributed by atoms with Crippen molar-refractivity contribution >= 4 is 11.6 Å². The number of hydrogen-bond donors (Lipinski definition) is 2. The molecule has 1 unspecified atom stereocenters. The number of amides is 1. The summed E-state index contributed by atoms with van der Waals surface area (Å²) in [6.45, 7) is 4.02. The molecule has 0 radical (unpaired) electrons. The zero-order valence-corrected chi connectivity index (χ0v) is 10.3. The molecule has 1 amide bonds. The molecule has 0 saturated heterocycles. The van der Waals surface area contributed by atoms with E-state index in [0.29, 0.717) is 19.0 Å². The van der Waals surface area contributed by atoms with E-state index in [1.54, 1.807) is 0 Å². The van der Waals surface area contributed by atoms with E-state index in [2.05, 4.69) is 10.6 Å². The molecular formula is C13H16N2O3. The second kappa shape index (κ2) is 4.49. The van der Waals surface area contributed by atoms with Crippen LogP contribution in [0.4, 0.5) is 5.69 Å². The Bertz CT molecular complexity index is 487. The Labute approximate surface area is 105 Å². The van der Waals surface area contributed by atoms with Crippen molar-refractivity contribution in [1.29, 1.82) is 0 Å². The minimum absolute atomic E-state index is 0.0213. The lowest BCUT2D eigenvalue weighted by Gasteiger charge is -2.12. The van der Waals surface area contributed by atoms with Gasteiger partial charge in [0, 0.05) is 18.1 Å². The highest BCUT2D eigenvalue weighted by molar-refractivity contribution is 6.03. The highest BCUT2D eigenvalue weighted by Gasteiger charge is 2.31. The number of likely N-dealkylation sites (N-methyl/N-ethyl adjacent to an activating group) is 1. The van der Waals surface area contributed by atoms with Gasteiger partial charge < -0.3 is 20.1 Å². The lowest BCUT2D eigenvalue weighted by atomic mass is 10.1. The molecule has 0 aromatic heterocycles. The fraction of sp³-hybridized carbons (Fsp3) is 0.462. The third-order valence-electron chi connectivity index (χ3n) is 3.16. The molecule has 96 valence electrons. The number of anilines is 1. The van der Waals surface area contributed by atoms with Gasteiger partial charge in [-0.25, -0.2) is 0 Å². The Hall–Kier alpha value is -1.75. The van der Waals surface area contributed by atoms with Crippen LogP contribution in [0.3, 0.4) is 0 Å². The maximum atomic E-state index is 11.8. The van der Waals surface area contributed by atoms with Gasteiger partial charge in [-0.3, -0.25) is 4.79 Å². The normalized spacial score (nSPS) is 21.2. The summed E-state index contributed by atoms with van der Waals surface area (Å²) in [7, 11) is 0. The molecule has 0 saturated carbocycles. The average Bonchev–Trinajstić information content (AvgIpc) is 2.54. The number of fused-ring (bicyclic) bond motifs is 2. The van der Waals surface area contributed by atoms with Crippen LogP contribution >= 0.6 is 0 Å². The molecule has 2 heterocycles. The van der Waals surface area contributed by atoms with Gasteiger partial charge in [0.2, 0.25) is 5.91 Å². The zero-order chi connectivity index (χ0) is 12.5. The summed E-state index contributed by atoms with van der Waals surface area (Å²) in [5.74, 6) is 1.42. The number of nitrogens with one attached hydrogen (secondary N) is 2. The summed E-state index contributed by atoms with van der Waals surface area (Å²) in [5.41, 5.74) is 1.75. The van der Waals surface area contributed by atoms with Crippen molar-refractivity contribution in [2.75, 3.05) is 25.1 Å². The van der Waals surface area contributed by atoms with Gasteiger partial charge in [-0.1, -0.05) is 6.92 Å². The lowest BCUT2D eigenvalue weighted by molar-refractivity contribution is -0.117. The first-order valence-corrected chi connectivity index (χ1v) is 6.27. The van der Waals surface area contributed by atoms with E-state index in [1.165, 1.54) is 0 Å². The molecule has 2 N–H and O–H groups in total. The van der Waals surface area contributed by atoms with Gasteiger partial charge in [0.05, 0.1) is 18.9 Å². The van der Waals surface area contributed by atoms with Gasteiger partial charge in [-0.15, -0.1) is 0 Å². The molecule has 3 rings (SSSR count). The Morgan fingerprint density at radius 3 is 2.78 bits per heavy atom. The van der Waals surface area contributed by atoms with Crippen LogP contribution in [0.5, 0.6) is 11.5 Å². The fourth-order valence-corrected chi connectivity index (χ4v) is 2.32. The molecule has 0 spiro atoms. The predicted molar refractivity (Wildman–Crippen MR) is 67.1 cm³/mol. The third-order valence-corrected chi connectivity index (χ3v) is 3.16. The molecule has 5 nitrogen and oxygen atoms in total. The number of rotatable bonds is 2. The van der Waals surface area contributed by atoms with Crippen LogP contribution in [-0.2, 0) is 4.79 Å². The van der Waals surface area contributed by atoms with Gasteiger partial charge >= 0.3 is 0 Å². The van der Waals surface area contributed by atoms with E-state index in [0.717, 1.165) is 30.0 Å². The SMILES string of the molecule is CCNC1C(=O)Nc2cc3c(cc21)OCCCO3. The molecule has 1 atom stereocenters. The molecule has 1 aromatic carbocycles. The van der Waals surface area contributed by atoms with Crippen molar-refractivity contribution in [3.63, 3.8) is 0 Å². The van der Waals surface area contributed by atoms with E-state index >= 15 is 0 Å². The molecule has 2 aliphatic rings. The largest absolute Gasteiger partial charge is 0.490 e. The first kappa shape index (κ1) is 11.3. The molecule has 0 bridgehead atoms. The first-order valence-electron chi connectivity index (χ1n) is 6.27. The topological polar surface area (TPSA) is 59.6 Å². The number of hydrogen-bond acceptors (Lipinski definition) is 4. The number of benzene rings is 1. The Kier molecular flexibility index (Phi) is 2.83. The van der Waals surface area contributed by atoms with Crippen LogP contribution < -0.4 is 20.1 Å². The summed E-state index contributed by atoms with van der Waals surface area (Å²) < 4.78 is 11.3. The van der Waals surface area contributed by atoms with Crippen LogP contribution in [0.25, 0.3) is 0 Å². The summed E-state index contributed by atoms with van der Waals surface area (Å²) in [6.07, 6.45) is 0.877. The summed E-state index contributed by atoms with van der Waals surface area (Å²) in [5, 5.41) is 6.03.